The van der Waals surface area contributed by atoms with Crippen LogP contribution in [0.4, 0.5) is 0 Å². The number of hydrogen-bond acceptors (Lipinski definition) is 3. The maximum Gasteiger partial charge on any atom is 0.242 e. The summed E-state index contributed by atoms with van der Waals surface area (Å²) in [5.41, 5.74) is 0. The quantitative estimate of drug-likeness (QED) is 0.716. The van der Waals surface area contributed by atoms with E-state index in [1.54, 1.807) is 6.92 Å². The average molecular weight is 227 g/mol. The topological polar surface area (TPSA) is 52.7 Å². The summed E-state index contributed by atoms with van der Waals surface area (Å²) in [5, 5.41) is 2.61. The summed E-state index contributed by atoms with van der Waals surface area (Å²) in [6.45, 7) is 8.49. The van der Waals surface area contributed by atoms with Crippen LogP contribution in [0.3, 0.4) is 0 Å². The Bertz CT molecular complexity index is 248. The van der Waals surface area contributed by atoms with Crippen LogP contribution in [0.2, 0.25) is 0 Å². The summed E-state index contributed by atoms with van der Waals surface area (Å²) in [4.78, 5) is 26.8. The van der Waals surface area contributed by atoms with Gasteiger partial charge < -0.3 is 15.1 Å². The first-order valence-corrected chi connectivity index (χ1v) is 5.94. The molecule has 0 aromatic carbocycles. The van der Waals surface area contributed by atoms with Gasteiger partial charge in [0.15, 0.2) is 0 Å². The van der Waals surface area contributed by atoms with Gasteiger partial charge in [0.05, 0.1) is 6.54 Å². The molecule has 1 aliphatic heterocycles. The van der Waals surface area contributed by atoms with Gasteiger partial charge in [0.2, 0.25) is 11.8 Å². The summed E-state index contributed by atoms with van der Waals surface area (Å²) in [6, 6.07) is 0. The Morgan fingerprint density at radius 3 is 2.25 bits per heavy atom. The molecular formula is C11H21N3O2. The number of amides is 2. The molecule has 0 saturated carbocycles. The number of carbonyl (C=O) groups is 2. The van der Waals surface area contributed by atoms with E-state index in [2.05, 4.69) is 17.1 Å². The van der Waals surface area contributed by atoms with Crippen molar-refractivity contribution in [1.29, 1.82) is 0 Å². The van der Waals surface area contributed by atoms with E-state index in [0.29, 0.717) is 6.42 Å². The number of rotatable bonds is 4. The number of carbonyl (C=O) groups excluding carboxylic acids is 2. The fraction of sp³-hybridized carbons (Fsp3) is 0.818. The van der Waals surface area contributed by atoms with Gasteiger partial charge in [0, 0.05) is 32.6 Å². The van der Waals surface area contributed by atoms with Crippen LogP contribution < -0.4 is 5.32 Å². The van der Waals surface area contributed by atoms with E-state index in [9.17, 15) is 9.59 Å². The van der Waals surface area contributed by atoms with Crippen LogP contribution in [0.5, 0.6) is 0 Å². The molecule has 0 atom stereocenters. The molecule has 1 heterocycles. The Balaban J connectivity index is 2.25. The lowest BCUT2D eigenvalue weighted by Gasteiger charge is -2.34. The Morgan fingerprint density at radius 1 is 1.12 bits per heavy atom. The Morgan fingerprint density at radius 2 is 1.75 bits per heavy atom. The maximum absolute atomic E-state index is 11.7. The minimum atomic E-state index is -0.0689. The van der Waals surface area contributed by atoms with E-state index >= 15 is 0 Å². The maximum atomic E-state index is 11.7. The molecule has 0 aromatic rings. The molecule has 0 unspecified atom stereocenters. The Hall–Kier alpha value is -1.10. The fourth-order valence-corrected chi connectivity index (χ4v) is 1.72. The third-order valence-electron chi connectivity index (χ3n) is 2.93. The van der Waals surface area contributed by atoms with Crippen LogP contribution in [-0.4, -0.2) is 60.9 Å². The SMILES string of the molecule is CCC(=O)NCC(=O)N1CCN(CC)CC1. The highest BCUT2D eigenvalue weighted by Gasteiger charge is 2.19. The second kappa shape index (κ2) is 6.48. The van der Waals surface area contributed by atoms with Crippen LogP contribution in [-0.2, 0) is 9.59 Å². The first-order chi connectivity index (χ1) is 7.67. The van der Waals surface area contributed by atoms with Gasteiger partial charge in [-0.2, -0.15) is 0 Å². The van der Waals surface area contributed by atoms with E-state index in [4.69, 9.17) is 0 Å². The molecule has 1 fully saturated rings. The Kier molecular flexibility index (Phi) is 5.25. The molecule has 92 valence electrons. The molecule has 1 N–H and O–H groups in total. The number of nitrogens with one attached hydrogen (secondary N) is 1. The van der Waals surface area contributed by atoms with E-state index in [1.807, 2.05) is 4.90 Å². The van der Waals surface area contributed by atoms with Gasteiger partial charge in [-0.3, -0.25) is 9.59 Å². The fourth-order valence-electron chi connectivity index (χ4n) is 1.72. The van der Waals surface area contributed by atoms with E-state index in [-0.39, 0.29) is 18.4 Å². The Labute approximate surface area is 96.8 Å². The minimum Gasteiger partial charge on any atom is -0.347 e. The highest BCUT2D eigenvalue weighted by Crippen LogP contribution is 2.00. The summed E-state index contributed by atoms with van der Waals surface area (Å²) in [5.74, 6) is -0.0434. The molecule has 5 heteroatoms. The summed E-state index contributed by atoms with van der Waals surface area (Å²) >= 11 is 0. The van der Waals surface area contributed by atoms with Crippen molar-refractivity contribution in [1.82, 2.24) is 15.1 Å². The first kappa shape index (κ1) is 13.0. The monoisotopic (exact) mass is 227 g/mol. The largest absolute Gasteiger partial charge is 0.347 e. The van der Waals surface area contributed by atoms with Crippen molar-refractivity contribution in [3.8, 4) is 0 Å². The van der Waals surface area contributed by atoms with E-state index in [1.165, 1.54) is 0 Å². The van der Waals surface area contributed by atoms with Crippen molar-refractivity contribution in [3.05, 3.63) is 0 Å². The predicted molar refractivity (Wildman–Crippen MR) is 62.0 cm³/mol. The third kappa shape index (κ3) is 3.81. The lowest BCUT2D eigenvalue weighted by atomic mass is 10.3. The molecule has 2 amide bonds. The normalized spacial score (nSPS) is 17.2. The van der Waals surface area contributed by atoms with Gasteiger partial charge in [-0.1, -0.05) is 13.8 Å². The number of likely N-dealkylation sites (N-methyl/N-ethyl adjacent to an activating group) is 1. The van der Waals surface area contributed by atoms with Crippen molar-refractivity contribution in [2.75, 3.05) is 39.3 Å². The zero-order chi connectivity index (χ0) is 12.0. The molecule has 0 spiro atoms. The van der Waals surface area contributed by atoms with Gasteiger partial charge in [0.1, 0.15) is 0 Å². The molecule has 0 aliphatic carbocycles. The minimum absolute atomic E-state index is 0.0255. The predicted octanol–water partition coefficient (Wildman–Crippen LogP) is -0.323. The van der Waals surface area contributed by atoms with Crippen LogP contribution in [0.15, 0.2) is 0 Å². The highest BCUT2D eigenvalue weighted by atomic mass is 16.2. The summed E-state index contributed by atoms with van der Waals surface area (Å²) < 4.78 is 0. The standard InChI is InChI=1S/C11H21N3O2/c1-3-10(15)12-9-11(16)14-7-5-13(4-2)6-8-14/h3-9H2,1-2H3,(H,12,15). The lowest BCUT2D eigenvalue weighted by molar-refractivity contribution is -0.134. The lowest BCUT2D eigenvalue weighted by Crippen LogP contribution is -2.51. The average Bonchev–Trinajstić information content (AvgIpc) is 2.35. The molecule has 1 aliphatic rings. The highest BCUT2D eigenvalue weighted by molar-refractivity contribution is 5.84. The molecule has 16 heavy (non-hydrogen) atoms. The second-order valence-electron chi connectivity index (χ2n) is 3.95. The van der Waals surface area contributed by atoms with Gasteiger partial charge in [0.25, 0.3) is 0 Å². The van der Waals surface area contributed by atoms with Gasteiger partial charge in [-0.15, -0.1) is 0 Å². The van der Waals surface area contributed by atoms with Crippen molar-refractivity contribution < 1.29 is 9.59 Å². The van der Waals surface area contributed by atoms with Crippen LogP contribution in [0.1, 0.15) is 20.3 Å². The summed E-state index contributed by atoms with van der Waals surface area (Å²) in [6.07, 6.45) is 0.427. The smallest absolute Gasteiger partial charge is 0.242 e. The van der Waals surface area contributed by atoms with Crippen LogP contribution in [0.25, 0.3) is 0 Å². The number of hydrogen-bond donors (Lipinski definition) is 1. The molecule has 0 bridgehead atoms. The van der Waals surface area contributed by atoms with Crippen LogP contribution in [0, 0.1) is 0 Å². The molecular weight excluding hydrogens is 206 g/mol. The zero-order valence-electron chi connectivity index (χ0n) is 10.2. The van der Waals surface area contributed by atoms with Crippen molar-refractivity contribution in [3.63, 3.8) is 0 Å². The molecule has 0 aromatic heterocycles. The number of nitrogens with zero attached hydrogens (tertiary/aromatic N) is 2. The van der Waals surface area contributed by atoms with Gasteiger partial charge in [-0.05, 0) is 6.54 Å². The van der Waals surface area contributed by atoms with Crippen molar-refractivity contribution >= 4 is 11.8 Å². The van der Waals surface area contributed by atoms with Gasteiger partial charge >= 0.3 is 0 Å². The third-order valence-corrected chi connectivity index (χ3v) is 2.93. The van der Waals surface area contributed by atoms with Crippen molar-refractivity contribution in [2.45, 2.75) is 20.3 Å². The molecule has 5 nitrogen and oxygen atoms in total. The van der Waals surface area contributed by atoms with Gasteiger partial charge in [-0.25, -0.2) is 0 Å². The summed E-state index contributed by atoms with van der Waals surface area (Å²) in [7, 11) is 0. The second-order valence-corrected chi connectivity index (χ2v) is 3.95. The van der Waals surface area contributed by atoms with Crippen molar-refractivity contribution in [2.24, 2.45) is 0 Å². The molecule has 0 radical (unpaired) electrons. The molecule has 1 saturated heterocycles. The van der Waals surface area contributed by atoms with E-state index in [0.717, 1.165) is 32.7 Å². The van der Waals surface area contributed by atoms with Crippen LogP contribution >= 0.6 is 0 Å². The number of piperazine rings is 1. The molecule has 1 rings (SSSR count). The first-order valence-electron chi connectivity index (χ1n) is 5.94. The van der Waals surface area contributed by atoms with E-state index < -0.39 is 0 Å². The zero-order valence-corrected chi connectivity index (χ0v) is 10.2.